The first kappa shape index (κ1) is 18.4. The normalized spacial score (nSPS) is 29.0. The van der Waals surface area contributed by atoms with Gasteiger partial charge in [0.25, 0.3) is 0 Å². The van der Waals surface area contributed by atoms with Crippen LogP contribution in [0, 0.1) is 17.8 Å². The summed E-state index contributed by atoms with van der Waals surface area (Å²) in [5.74, 6) is -10.1. The molecule has 3 unspecified atom stereocenters. The maximum Gasteiger partial charge on any atom is 0.437 e. The first-order chi connectivity index (χ1) is 9.21. The van der Waals surface area contributed by atoms with Crippen LogP contribution in [0.1, 0.15) is 33.1 Å². The van der Waals surface area contributed by atoms with E-state index in [1.807, 2.05) is 0 Å². The van der Waals surface area contributed by atoms with Gasteiger partial charge in [0.15, 0.2) is 0 Å². The third-order valence-corrected chi connectivity index (χ3v) is 4.30. The van der Waals surface area contributed by atoms with Crippen LogP contribution < -0.4 is 0 Å². The molecule has 0 bridgehead atoms. The van der Waals surface area contributed by atoms with Gasteiger partial charge in [0, 0.05) is 5.92 Å². The van der Waals surface area contributed by atoms with E-state index in [2.05, 4.69) is 0 Å². The Morgan fingerprint density at radius 3 is 1.57 bits per heavy atom. The van der Waals surface area contributed by atoms with Gasteiger partial charge >= 0.3 is 23.9 Å². The number of alkyl halides is 9. The molecule has 0 aliphatic heterocycles. The molecule has 0 aromatic carbocycles. The molecule has 21 heavy (non-hydrogen) atoms. The van der Waals surface area contributed by atoms with E-state index in [9.17, 15) is 39.5 Å². The fraction of sp³-hybridized carbons (Fsp3) is 1.00. The molecule has 1 saturated carbocycles. The number of hydrogen-bond donors (Lipinski definition) is 0. The monoisotopic (exact) mass is 330 g/mol. The van der Waals surface area contributed by atoms with E-state index in [4.69, 9.17) is 0 Å². The molecule has 3 atom stereocenters. The quantitative estimate of drug-likeness (QED) is 0.597. The average Bonchev–Trinajstić information content (AvgIpc) is 2.66. The zero-order valence-electron chi connectivity index (χ0n) is 11.3. The predicted octanol–water partition coefficient (Wildman–Crippen LogP) is 5.53. The molecule has 1 aliphatic carbocycles. The van der Waals surface area contributed by atoms with Crippen LogP contribution in [-0.4, -0.2) is 23.9 Å². The van der Waals surface area contributed by atoms with Gasteiger partial charge in [-0.2, -0.15) is 26.3 Å². The van der Waals surface area contributed by atoms with Crippen molar-refractivity contribution in [2.75, 3.05) is 0 Å². The lowest BCUT2D eigenvalue weighted by Crippen LogP contribution is -2.67. The number of halogens is 9. The summed E-state index contributed by atoms with van der Waals surface area (Å²) in [6.45, 7) is 2.51. The molecule has 1 fully saturated rings. The van der Waals surface area contributed by atoms with Gasteiger partial charge in [-0.05, 0) is 24.7 Å². The van der Waals surface area contributed by atoms with Gasteiger partial charge in [0.2, 0.25) is 0 Å². The van der Waals surface area contributed by atoms with Crippen LogP contribution in [0.2, 0.25) is 0 Å². The molecule has 0 heterocycles. The third kappa shape index (κ3) is 2.60. The summed E-state index contributed by atoms with van der Waals surface area (Å²) in [6, 6.07) is 0. The summed E-state index contributed by atoms with van der Waals surface area (Å²) in [4.78, 5) is 0. The summed E-state index contributed by atoms with van der Waals surface area (Å²) >= 11 is 0. The summed E-state index contributed by atoms with van der Waals surface area (Å²) in [6.07, 6.45) is -13.4. The van der Waals surface area contributed by atoms with Gasteiger partial charge in [-0.25, -0.2) is 13.2 Å². The highest BCUT2D eigenvalue weighted by atomic mass is 19.4. The first-order valence-corrected chi connectivity index (χ1v) is 6.42. The number of hydrogen-bond acceptors (Lipinski definition) is 0. The molecular formula is C12H15F9. The Morgan fingerprint density at radius 1 is 0.810 bits per heavy atom. The van der Waals surface area contributed by atoms with Crippen LogP contribution in [0.15, 0.2) is 0 Å². The van der Waals surface area contributed by atoms with E-state index >= 15 is 0 Å². The Labute approximate surface area is 115 Å². The minimum absolute atomic E-state index is 0.0314. The molecule has 0 saturated heterocycles. The molecular weight excluding hydrogens is 315 g/mol. The molecule has 9 heteroatoms. The topological polar surface area (TPSA) is 0 Å². The molecule has 0 aromatic rings. The fourth-order valence-corrected chi connectivity index (χ4v) is 3.18. The number of rotatable bonds is 3. The van der Waals surface area contributed by atoms with Gasteiger partial charge in [-0.1, -0.05) is 20.3 Å². The zero-order chi connectivity index (χ0) is 16.9. The highest BCUT2D eigenvalue weighted by molar-refractivity contribution is 5.10. The van der Waals surface area contributed by atoms with Crippen molar-refractivity contribution in [3.63, 3.8) is 0 Å². The van der Waals surface area contributed by atoms with Crippen molar-refractivity contribution in [3.8, 4) is 0 Å². The lowest BCUT2D eigenvalue weighted by atomic mass is 9.76. The smallest absolute Gasteiger partial charge is 0.217 e. The predicted molar refractivity (Wildman–Crippen MR) is 56.6 cm³/mol. The van der Waals surface area contributed by atoms with Crippen LogP contribution in [0.25, 0.3) is 0 Å². The van der Waals surface area contributed by atoms with E-state index in [1.165, 1.54) is 6.92 Å². The Bertz CT molecular complexity index is 354. The highest BCUT2D eigenvalue weighted by Gasteiger charge is 2.86. The van der Waals surface area contributed by atoms with E-state index in [0.29, 0.717) is 0 Å². The fourth-order valence-electron chi connectivity index (χ4n) is 3.18. The largest absolute Gasteiger partial charge is 0.437 e. The second-order valence-electron chi connectivity index (χ2n) is 5.53. The van der Waals surface area contributed by atoms with Gasteiger partial charge in [-0.3, -0.25) is 0 Å². The van der Waals surface area contributed by atoms with Crippen molar-refractivity contribution in [2.45, 2.75) is 57.1 Å². The molecule has 1 aliphatic rings. The van der Waals surface area contributed by atoms with Crippen molar-refractivity contribution in [2.24, 2.45) is 17.8 Å². The lowest BCUT2D eigenvalue weighted by Gasteiger charge is -2.42. The molecule has 126 valence electrons. The summed E-state index contributed by atoms with van der Waals surface area (Å²) in [5, 5.41) is 0. The maximum atomic E-state index is 14.0. The molecule has 0 amide bonds. The third-order valence-electron chi connectivity index (χ3n) is 4.30. The molecule has 0 aromatic heterocycles. The highest BCUT2D eigenvalue weighted by Crippen LogP contribution is 2.61. The lowest BCUT2D eigenvalue weighted by molar-refractivity contribution is -0.407. The van der Waals surface area contributed by atoms with Crippen LogP contribution in [0.5, 0.6) is 0 Å². The zero-order valence-corrected chi connectivity index (χ0v) is 11.3. The minimum Gasteiger partial charge on any atom is -0.217 e. The Balaban J connectivity index is 3.42. The van der Waals surface area contributed by atoms with Crippen molar-refractivity contribution in [3.05, 3.63) is 0 Å². The van der Waals surface area contributed by atoms with Crippen LogP contribution in [-0.2, 0) is 0 Å². The van der Waals surface area contributed by atoms with Gasteiger partial charge in [-0.15, -0.1) is 0 Å². The molecule has 0 N–H and O–H groups in total. The maximum absolute atomic E-state index is 14.0. The molecule has 0 radical (unpaired) electrons. The van der Waals surface area contributed by atoms with Crippen molar-refractivity contribution >= 4 is 0 Å². The van der Waals surface area contributed by atoms with E-state index < -0.39 is 41.7 Å². The minimum atomic E-state index is -6.74. The first-order valence-electron chi connectivity index (χ1n) is 6.42. The van der Waals surface area contributed by atoms with Gasteiger partial charge in [0.05, 0.1) is 0 Å². The molecule has 0 nitrogen and oxygen atoms in total. The molecule has 0 spiro atoms. The second kappa shape index (κ2) is 5.22. The van der Waals surface area contributed by atoms with Crippen LogP contribution in [0.4, 0.5) is 39.5 Å². The van der Waals surface area contributed by atoms with Crippen LogP contribution in [0.3, 0.4) is 0 Å². The molecule has 1 rings (SSSR count). The van der Waals surface area contributed by atoms with Gasteiger partial charge in [0.1, 0.15) is 0 Å². The van der Waals surface area contributed by atoms with Crippen LogP contribution >= 0.6 is 0 Å². The van der Waals surface area contributed by atoms with Crippen molar-refractivity contribution < 1.29 is 39.5 Å². The van der Waals surface area contributed by atoms with E-state index in [1.54, 1.807) is 0 Å². The summed E-state index contributed by atoms with van der Waals surface area (Å²) < 4.78 is 117. The Kier molecular flexibility index (Phi) is 4.58. The Hall–Kier alpha value is -0.630. The Morgan fingerprint density at radius 2 is 1.24 bits per heavy atom. The summed E-state index contributed by atoms with van der Waals surface area (Å²) in [7, 11) is 0. The van der Waals surface area contributed by atoms with E-state index in [0.717, 1.165) is 6.92 Å². The van der Waals surface area contributed by atoms with Crippen molar-refractivity contribution in [1.82, 2.24) is 0 Å². The second-order valence-corrected chi connectivity index (χ2v) is 5.53. The van der Waals surface area contributed by atoms with Gasteiger partial charge < -0.3 is 0 Å². The summed E-state index contributed by atoms with van der Waals surface area (Å²) in [5.41, 5.74) is -6.54. The SMILES string of the molecule is CCC1CCC(C)C1C(F)(F)C(F)(C(F)(F)F)C(F)(F)F. The standard InChI is InChI=1S/C12H15F9/c1-3-7-5-4-6(2)8(7)9(13,14)10(15,11(16,17)18)12(19,20)21/h6-8H,3-5H2,1-2H3. The van der Waals surface area contributed by atoms with E-state index in [-0.39, 0.29) is 19.3 Å². The van der Waals surface area contributed by atoms with Crippen molar-refractivity contribution in [1.29, 1.82) is 0 Å². The average molecular weight is 330 g/mol.